The van der Waals surface area contributed by atoms with Gasteiger partial charge >= 0.3 is 5.24 Å². The van der Waals surface area contributed by atoms with Crippen LogP contribution in [0.2, 0.25) is 0 Å². The number of aromatic nitrogens is 2. The van der Waals surface area contributed by atoms with E-state index in [4.69, 9.17) is 0 Å². The average Bonchev–Trinajstić information content (AvgIpc) is 2.50. The molecule has 0 spiro atoms. The highest BCUT2D eigenvalue weighted by atomic mass is 32.2. The number of nitrogens with zero attached hydrogens (tertiary/aromatic N) is 4. The Morgan fingerprint density at radius 1 is 1.45 bits per heavy atom. The molecule has 20 heavy (non-hydrogen) atoms. The summed E-state index contributed by atoms with van der Waals surface area (Å²) in [5.74, 6) is 0. The summed E-state index contributed by atoms with van der Waals surface area (Å²) in [6.07, 6.45) is 5.87. The molecule has 6 nitrogen and oxygen atoms in total. The van der Waals surface area contributed by atoms with E-state index < -0.39 is 0 Å². The molecule has 2 heterocycles. The summed E-state index contributed by atoms with van der Waals surface area (Å²) in [4.78, 5) is 11.8. The van der Waals surface area contributed by atoms with E-state index in [1.165, 1.54) is 18.4 Å². The predicted molar refractivity (Wildman–Crippen MR) is 80.4 cm³/mol. The molecule has 0 atom stereocenters. The Morgan fingerprint density at radius 3 is 2.90 bits per heavy atom. The molecule has 1 saturated heterocycles. The minimum Gasteiger partial charge on any atom is -0.259 e. The summed E-state index contributed by atoms with van der Waals surface area (Å²) in [5, 5.41) is 11.8. The summed E-state index contributed by atoms with van der Waals surface area (Å²) >= 11 is 1.21. The number of amides is 1. The summed E-state index contributed by atoms with van der Waals surface area (Å²) in [5.41, 5.74) is 4.00. The molecule has 1 aromatic heterocycles. The molecule has 0 aliphatic carbocycles. The van der Waals surface area contributed by atoms with Crippen LogP contribution in [-0.4, -0.2) is 38.5 Å². The van der Waals surface area contributed by atoms with Gasteiger partial charge in [-0.2, -0.15) is 10.2 Å². The molecular weight excluding hydrogens is 274 g/mol. The first-order valence-corrected chi connectivity index (χ1v) is 7.64. The molecule has 1 aliphatic rings. The standard InChI is InChI=1S/C13H19N5OS/c1-2-11(12-7-6-8-14-15-12)16-17-13(19)20-18-9-4-3-5-10-18/h6-8H,2-5,9-10H2,1H3,(H,17,19)/b16-11+. The topological polar surface area (TPSA) is 70.5 Å². The summed E-state index contributed by atoms with van der Waals surface area (Å²) in [7, 11) is 0. The van der Waals surface area contributed by atoms with Crippen LogP contribution in [0.15, 0.2) is 23.4 Å². The third-order valence-electron chi connectivity index (χ3n) is 3.01. The molecular formula is C13H19N5OS. The highest BCUT2D eigenvalue weighted by Crippen LogP contribution is 2.18. The maximum Gasteiger partial charge on any atom is 0.314 e. The Balaban J connectivity index is 1.88. The van der Waals surface area contributed by atoms with Crippen molar-refractivity contribution in [3.63, 3.8) is 0 Å². The highest BCUT2D eigenvalue weighted by Gasteiger charge is 2.14. The van der Waals surface area contributed by atoms with Gasteiger partial charge in [-0.15, -0.1) is 5.10 Å². The smallest absolute Gasteiger partial charge is 0.259 e. The van der Waals surface area contributed by atoms with Crippen molar-refractivity contribution < 1.29 is 4.79 Å². The van der Waals surface area contributed by atoms with E-state index in [1.807, 2.05) is 13.0 Å². The molecule has 0 unspecified atom stereocenters. The van der Waals surface area contributed by atoms with E-state index in [9.17, 15) is 4.79 Å². The summed E-state index contributed by atoms with van der Waals surface area (Å²) in [6, 6.07) is 3.64. The Hall–Kier alpha value is -1.47. The fourth-order valence-electron chi connectivity index (χ4n) is 1.98. The Labute approximate surface area is 123 Å². The van der Waals surface area contributed by atoms with Gasteiger partial charge in [-0.3, -0.25) is 4.79 Å². The van der Waals surface area contributed by atoms with Crippen LogP contribution in [-0.2, 0) is 0 Å². The van der Waals surface area contributed by atoms with Crippen molar-refractivity contribution in [2.75, 3.05) is 13.1 Å². The van der Waals surface area contributed by atoms with Crippen LogP contribution in [0.4, 0.5) is 4.79 Å². The quantitative estimate of drug-likeness (QED) is 0.524. The highest BCUT2D eigenvalue weighted by molar-refractivity contribution is 8.11. The molecule has 1 N–H and O–H groups in total. The van der Waals surface area contributed by atoms with E-state index in [-0.39, 0.29) is 5.24 Å². The molecule has 2 rings (SSSR count). The first-order valence-electron chi connectivity index (χ1n) is 6.87. The van der Waals surface area contributed by atoms with E-state index in [1.54, 1.807) is 12.3 Å². The maximum atomic E-state index is 11.8. The maximum absolute atomic E-state index is 11.8. The minimum absolute atomic E-state index is 0.151. The third kappa shape index (κ3) is 4.57. The molecule has 1 aliphatic heterocycles. The lowest BCUT2D eigenvalue weighted by molar-refractivity contribution is 0.259. The molecule has 0 bridgehead atoms. The van der Waals surface area contributed by atoms with Crippen LogP contribution in [0.1, 0.15) is 38.3 Å². The van der Waals surface area contributed by atoms with Crippen LogP contribution >= 0.6 is 11.9 Å². The van der Waals surface area contributed by atoms with E-state index in [2.05, 4.69) is 25.0 Å². The Morgan fingerprint density at radius 2 is 2.25 bits per heavy atom. The van der Waals surface area contributed by atoms with Gasteiger partial charge in [0.05, 0.1) is 5.71 Å². The molecule has 1 aromatic rings. The third-order valence-corrected chi connectivity index (χ3v) is 3.89. The average molecular weight is 293 g/mol. The van der Waals surface area contributed by atoms with Gasteiger partial charge in [0, 0.05) is 31.2 Å². The number of carbonyl (C=O) groups excluding carboxylic acids is 1. The van der Waals surface area contributed by atoms with Crippen molar-refractivity contribution in [3.05, 3.63) is 24.0 Å². The molecule has 7 heteroatoms. The fraction of sp³-hybridized carbons (Fsp3) is 0.538. The van der Waals surface area contributed by atoms with Gasteiger partial charge in [0.15, 0.2) is 0 Å². The molecule has 1 amide bonds. The van der Waals surface area contributed by atoms with Gasteiger partial charge in [0.25, 0.3) is 0 Å². The van der Waals surface area contributed by atoms with Crippen molar-refractivity contribution in [3.8, 4) is 0 Å². The van der Waals surface area contributed by atoms with E-state index in [0.29, 0.717) is 12.1 Å². The SMILES string of the molecule is CC/C(=N\NC(=O)SN1CCCCC1)c1cccnn1. The monoisotopic (exact) mass is 293 g/mol. The number of nitrogens with one attached hydrogen (secondary N) is 1. The zero-order valence-electron chi connectivity index (χ0n) is 11.6. The van der Waals surface area contributed by atoms with Gasteiger partial charge in [0.1, 0.15) is 5.69 Å². The lowest BCUT2D eigenvalue weighted by Crippen LogP contribution is -2.27. The molecule has 108 valence electrons. The van der Waals surface area contributed by atoms with Crippen molar-refractivity contribution in [1.82, 2.24) is 19.9 Å². The predicted octanol–water partition coefficient (Wildman–Crippen LogP) is 2.43. The van der Waals surface area contributed by atoms with Gasteiger partial charge in [-0.25, -0.2) is 9.73 Å². The second kappa shape index (κ2) is 7.96. The summed E-state index contributed by atoms with van der Waals surface area (Å²) in [6.45, 7) is 3.90. The normalized spacial score (nSPS) is 16.9. The second-order valence-electron chi connectivity index (χ2n) is 4.50. The van der Waals surface area contributed by atoms with E-state index in [0.717, 1.165) is 31.6 Å². The number of hydrogen-bond donors (Lipinski definition) is 1. The number of hydrogen-bond acceptors (Lipinski definition) is 6. The Kier molecular flexibility index (Phi) is 5.94. The van der Waals surface area contributed by atoms with Crippen molar-refractivity contribution in [2.45, 2.75) is 32.6 Å². The molecule has 0 saturated carbocycles. The largest absolute Gasteiger partial charge is 0.314 e. The lowest BCUT2D eigenvalue weighted by atomic mass is 10.2. The first-order chi connectivity index (χ1) is 9.79. The van der Waals surface area contributed by atoms with Crippen LogP contribution in [0, 0.1) is 0 Å². The minimum atomic E-state index is -0.151. The van der Waals surface area contributed by atoms with Gasteiger partial charge in [-0.1, -0.05) is 13.3 Å². The van der Waals surface area contributed by atoms with Gasteiger partial charge in [0.2, 0.25) is 0 Å². The number of rotatable bonds is 4. The molecule has 0 aromatic carbocycles. The summed E-state index contributed by atoms with van der Waals surface area (Å²) < 4.78 is 2.09. The zero-order chi connectivity index (χ0) is 14.2. The zero-order valence-corrected chi connectivity index (χ0v) is 12.4. The fourth-order valence-corrected chi connectivity index (χ4v) is 2.74. The van der Waals surface area contributed by atoms with Crippen molar-refractivity contribution in [2.24, 2.45) is 5.10 Å². The number of carbonyl (C=O) groups is 1. The van der Waals surface area contributed by atoms with Gasteiger partial charge in [-0.05, 0) is 31.4 Å². The second-order valence-corrected chi connectivity index (χ2v) is 5.57. The van der Waals surface area contributed by atoms with Crippen LogP contribution in [0.5, 0.6) is 0 Å². The number of hydrazone groups is 1. The van der Waals surface area contributed by atoms with Crippen LogP contribution in [0.25, 0.3) is 0 Å². The molecule has 1 fully saturated rings. The first kappa shape index (κ1) is 14.9. The molecule has 0 radical (unpaired) electrons. The van der Waals surface area contributed by atoms with Crippen molar-refractivity contribution in [1.29, 1.82) is 0 Å². The van der Waals surface area contributed by atoms with E-state index >= 15 is 0 Å². The Bertz CT molecular complexity index is 459. The van der Waals surface area contributed by atoms with Crippen molar-refractivity contribution >= 4 is 22.9 Å². The van der Waals surface area contributed by atoms with Crippen LogP contribution in [0.3, 0.4) is 0 Å². The number of piperidine rings is 1. The van der Waals surface area contributed by atoms with Gasteiger partial charge < -0.3 is 0 Å². The van der Waals surface area contributed by atoms with Crippen LogP contribution < -0.4 is 5.43 Å². The lowest BCUT2D eigenvalue weighted by Gasteiger charge is -2.23.